The van der Waals surface area contributed by atoms with Gasteiger partial charge < -0.3 is 0 Å². The first-order chi connectivity index (χ1) is 9.99. The molecule has 1 unspecified atom stereocenters. The van der Waals surface area contributed by atoms with E-state index in [4.69, 9.17) is 5.84 Å². The average molecular weight is 300 g/mol. The number of nitrogens with two attached hydrogens (primary N) is 1. The molecular formula is C18H24N2S. The van der Waals surface area contributed by atoms with Crippen molar-refractivity contribution >= 4 is 11.8 Å². The third kappa shape index (κ3) is 4.88. The fourth-order valence-corrected chi connectivity index (χ4v) is 3.07. The predicted molar refractivity (Wildman–Crippen MR) is 94.2 cm³/mol. The standard InChI is InChI=1S/C18H24N2S/c1-18(2,3)21-13-17(20-19)16-11-9-15(10-12-16)14-7-5-4-6-8-14/h4-12,17,20H,13,19H2,1-3H3. The monoisotopic (exact) mass is 300 g/mol. The number of hydrogen-bond acceptors (Lipinski definition) is 3. The number of thioether (sulfide) groups is 1. The van der Waals surface area contributed by atoms with Crippen LogP contribution in [0.4, 0.5) is 0 Å². The Hall–Kier alpha value is -1.29. The van der Waals surface area contributed by atoms with Crippen LogP contribution in [-0.2, 0) is 0 Å². The highest BCUT2D eigenvalue weighted by Crippen LogP contribution is 2.29. The van der Waals surface area contributed by atoms with Crippen molar-refractivity contribution in [1.29, 1.82) is 0 Å². The van der Waals surface area contributed by atoms with Crippen LogP contribution in [0, 0.1) is 0 Å². The Bertz CT molecular complexity index is 544. The molecule has 2 nitrogen and oxygen atoms in total. The van der Waals surface area contributed by atoms with Crippen LogP contribution in [0.5, 0.6) is 0 Å². The maximum atomic E-state index is 5.72. The first kappa shape index (κ1) is 16.1. The zero-order valence-corrected chi connectivity index (χ0v) is 13.8. The minimum atomic E-state index is 0.180. The van der Waals surface area contributed by atoms with Crippen molar-refractivity contribution < 1.29 is 0 Å². The molecule has 2 aromatic rings. The molecule has 112 valence electrons. The molecule has 1 atom stereocenters. The van der Waals surface area contributed by atoms with E-state index in [1.165, 1.54) is 16.7 Å². The quantitative estimate of drug-likeness (QED) is 0.635. The molecule has 0 fully saturated rings. The van der Waals surface area contributed by atoms with Gasteiger partial charge in [0, 0.05) is 10.5 Å². The van der Waals surface area contributed by atoms with Crippen LogP contribution < -0.4 is 11.3 Å². The van der Waals surface area contributed by atoms with Crippen LogP contribution in [0.15, 0.2) is 54.6 Å². The zero-order chi connectivity index (χ0) is 15.3. The summed E-state index contributed by atoms with van der Waals surface area (Å²) in [7, 11) is 0. The Labute approximate surface area is 132 Å². The smallest absolute Gasteiger partial charge is 0.0550 e. The normalized spacial score (nSPS) is 13.1. The topological polar surface area (TPSA) is 38.0 Å². The fourth-order valence-electron chi connectivity index (χ4n) is 2.11. The third-order valence-corrected chi connectivity index (χ3v) is 4.67. The summed E-state index contributed by atoms with van der Waals surface area (Å²) in [5.74, 6) is 6.68. The van der Waals surface area contributed by atoms with Gasteiger partial charge in [0.1, 0.15) is 0 Å². The molecule has 0 saturated carbocycles. The summed E-state index contributed by atoms with van der Waals surface area (Å²) in [5, 5.41) is 0. The molecule has 0 saturated heterocycles. The first-order valence-corrected chi connectivity index (χ1v) is 8.23. The number of benzene rings is 2. The number of nitrogens with one attached hydrogen (secondary N) is 1. The SMILES string of the molecule is CC(C)(C)SCC(NN)c1ccc(-c2ccccc2)cc1. The molecular weight excluding hydrogens is 276 g/mol. The molecule has 0 aliphatic heterocycles. The van der Waals surface area contributed by atoms with Crippen molar-refractivity contribution in [2.75, 3.05) is 5.75 Å². The van der Waals surface area contributed by atoms with Crippen molar-refractivity contribution in [3.63, 3.8) is 0 Å². The van der Waals surface area contributed by atoms with Gasteiger partial charge in [-0.3, -0.25) is 11.3 Å². The molecule has 0 heterocycles. The van der Waals surface area contributed by atoms with E-state index < -0.39 is 0 Å². The summed E-state index contributed by atoms with van der Waals surface area (Å²) in [4.78, 5) is 0. The Morgan fingerprint density at radius 3 is 2.05 bits per heavy atom. The predicted octanol–water partition coefficient (Wildman–Crippen LogP) is 4.39. The van der Waals surface area contributed by atoms with E-state index in [-0.39, 0.29) is 10.8 Å². The number of hydrogen-bond donors (Lipinski definition) is 2. The second kappa shape index (κ2) is 7.12. The van der Waals surface area contributed by atoms with E-state index in [2.05, 4.69) is 74.7 Å². The van der Waals surface area contributed by atoms with Gasteiger partial charge in [-0.15, -0.1) is 0 Å². The van der Waals surface area contributed by atoms with Gasteiger partial charge in [-0.25, -0.2) is 0 Å². The number of rotatable bonds is 5. The van der Waals surface area contributed by atoms with Crippen molar-refractivity contribution in [1.82, 2.24) is 5.43 Å². The summed E-state index contributed by atoms with van der Waals surface area (Å²) in [6, 6.07) is 19.3. The van der Waals surface area contributed by atoms with Gasteiger partial charge in [0.2, 0.25) is 0 Å². The van der Waals surface area contributed by atoms with Crippen molar-refractivity contribution in [3.8, 4) is 11.1 Å². The lowest BCUT2D eigenvalue weighted by atomic mass is 10.0. The molecule has 2 aromatic carbocycles. The van der Waals surface area contributed by atoms with Crippen LogP contribution in [0.2, 0.25) is 0 Å². The highest BCUT2D eigenvalue weighted by atomic mass is 32.2. The van der Waals surface area contributed by atoms with Gasteiger partial charge >= 0.3 is 0 Å². The molecule has 3 heteroatoms. The highest BCUT2D eigenvalue weighted by molar-refractivity contribution is 8.00. The summed E-state index contributed by atoms with van der Waals surface area (Å²) in [5.41, 5.74) is 6.64. The van der Waals surface area contributed by atoms with Crippen LogP contribution in [0.3, 0.4) is 0 Å². The minimum Gasteiger partial charge on any atom is -0.271 e. The Kier molecular flexibility index (Phi) is 5.45. The third-order valence-electron chi connectivity index (χ3n) is 3.30. The van der Waals surface area contributed by atoms with E-state index in [0.717, 1.165) is 5.75 Å². The summed E-state index contributed by atoms with van der Waals surface area (Å²) >= 11 is 1.92. The summed E-state index contributed by atoms with van der Waals surface area (Å²) < 4.78 is 0.249. The molecule has 2 rings (SSSR count). The average Bonchev–Trinajstić information content (AvgIpc) is 2.48. The second-order valence-electron chi connectivity index (χ2n) is 6.13. The van der Waals surface area contributed by atoms with Crippen molar-refractivity contribution in [2.24, 2.45) is 5.84 Å². The van der Waals surface area contributed by atoms with E-state index >= 15 is 0 Å². The molecule has 3 N–H and O–H groups in total. The molecule has 0 aromatic heterocycles. The van der Waals surface area contributed by atoms with Crippen LogP contribution >= 0.6 is 11.8 Å². The van der Waals surface area contributed by atoms with Crippen LogP contribution in [0.1, 0.15) is 32.4 Å². The molecule has 21 heavy (non-hydrogen) atoms. The maximum absolute atomic E-state index is 5.72. The molecule has 0 amide bonds. The van der Waals surface area contributed by atoms with Gasteiger partial charge in [0.05, 0.1) is 6.04 Å². The largest absolute Gasteiger partial charge is 0.271 e. The second-order valence-corrected chi connectivity index (χ2v) is 7.98. The zero-order valence-electron chi connectivity index (χ0n) is 13.0. The Balaban J connectivity index is 2.10. The first-order valence-electron chi connectivity index (χ1n) is 7.25. The number of hydrazine groups is 1. The van der Waals surface area contributed by atoms with Gasteiger partial charge in [-0.1, -0.05) is 75.4 Å². The van der Waals surface area contributed by atoms with Gasteiger partial charge in [0.15, 0.2) is 0 Å². The molecule has 0 spiro atoms. The lowest BCUT2D eigenvalue weighted by Gasteiger charge is -2.23. The van der Waals surface area contributed by atoms with Crippen LogP contribution in [-0.4, -0.2) is 10.5 Å². The van der Waals surface area contributed by atoms with E-state index in [1.807, 2.05) is 17.8 Å². The Morgan fingerprint density at radius 2 is 1.52 bits per heavy atom. The molecule has 0 aliphatic rings. The fraction of sp³-hybridized carbons (Fsp3) is 0.333. The Morgan fingerprint density at radius 1 is 0.952 bits per heavy atom. The summed E-state index contributed by atoms with van der Waals surface area (Å²) in [6.07, 6.45) is 0. The molecule has 0 aliphatic carbocycles. The van der Waals surface area contributed by atoms with Crippen molar-refractivity contribution in [3.05, 3.63) is 60.2 Å². The van der Waals surface area contributed by atoms with Gasteiger partial charge in [-0.2, -0.15) is 11.8 Å². The van der Waals surface area contributed by atoms with E-state index in [9.17, 15) is 0 Å². The van der Waals surface area contributed by atoms with Gasteiger partial charge in [0.25, 0.3) is 0 Å². The molecule has 0 bridgehead atoms. The van der Waals surface area contributed by atoms with Crippen LogP contribution in [0.25, 0.3) is 11.1 Å². The maximum Gasteiger partial charge on any atom is 0.0550 e. The van der Waals surface area contributed by atoms with Crippen molar-refractivity contribution in [2.45, 2.75) is 31.6 Å². The lowest BCUT2D eigenvalue weighted by Crippen LogP contribution is -2.30. The van der Waals surface area contributed by atoms with Gasteiger partial charge in [-0.05, 0) is 16.7 Å². The van der Waals surface area contributed by atoms with E-state index in [1.54, 1.807) is 0 Å². The lowest BCUT2D eigenvalue weighted by molar-refractivity contribution is 0.607. The summed E-state index contributed by atoms with van der Waals surface area (Å²) in [6.45, 7) is 6.68. The highest BCUT2D eigenvalue weighted by Gasteiger charge is 2.16. The molecule has 0 radical (unpaired) electrons. The minimum absolute atomic E-state index is 0.180. The van der Waals surface area contributed by atoms with E-state index in [0.29, 0.717) is 0 Å².